The van der Waals surface area contributed by atoms with Crippen LogP contribution in [-0.2, 0) is 4.79 Å². The van der Waals surface area contributed by atoms with Gasteiger partial charge in [0.15, 0.2) is 0 Å². The summed E-state index contributed by atoms with van der Waals surface area (Å²) in [5.74, 6) is -1.01. The Morgan fingerprint density at radius 3 is 2.21 bits per heavy atom. The van der Waals surface area contributed by atoms with Gasteiger partial charge in [-0.25, -0.2) is 0 Å². The van der Waals surface area contributed by atoms with Crippen molar-refractivity contribution in [2.24, 2.45) is 0 Å². The molecule has 0 bridgehead atoms. The molecule has 3 rings (SSSR count). The van der Waals surface area contributed by atoms with Gasteiger partial charge in [-0.3, -0.25) is 19.3 Å². The lowest BCUT2D eigenvalue weighted by Gasteiger charge is -2.38. The van der Waals surface area contributed by atoms with Crippen molar-refractivity contribution < 1.29 is 14.4 Å². The first-order chi connectivity index (χ1) is 9.05. The van der Waals surface area contributed by atoms with Crippen LogP contribution in [0.15, 0.2) is 24.3 Å². The Bertz CT molecular complexity index is 561. The normalized spacial score (nSPS) is 26.4. The van der Waals surface area contributed by atoms with E-state index in [0.717, 1.165) is 11.3 Å². The second kappa shape index (κ2) is 3.91. The summed E-state index contributed by atoms with van der Waals surface area (Å²) >= 11 is 0. The molecule has 1 aromatic rings. The minimum absolute atomic E-state index is 0.256. The molecule has 1 saturated heterocycles. The molecule has 5 heteroatoms. The first-order valence-corrected chi connectivity index (χ1v) is 6.32. The highest BCUT2D eigenvalue weighted by molar-refractivity contribution is 6.23. The van der Waals surface area contributed by atoms with E-state index in [-0.39, 0.29) is 17.7 Å². The lowest BCUT2D eigenvalue weighted by Crippen LogP contribution is -2.61. The first-order valence-electron chi connectivity index (χ1n) is 6.32. The van der Waals surface area contributed by atoms with Gasteiger partial charge in [-0.15, -0.1) is 0 Å². The standard InChI is InChI=1S/C14H14N2O3/c1-14(7-4-8-15-13(14)19)16-11(17)9-5-2-3-6-10(9)12(16)18/h2-3,5-6H,4,7-8H2,1H3,(H,15,19)/t14-/m1/s1. The predicted molar refractivity (Wildman–Crippen MR) is 67.6 cm³/mol. The SMILES string of the molecule is C[C@@]1(N2C(=O)c3ccccc3C2=O)CCCNC1=O. The molecule has 98 valence electrons. The van der Waals surface area contributed by atoms with Crippen LogP contribution < -0.4 is 5.32 Å². The van der Waals surface area contributed by atoms with Crippen molar-refractivity contribution in [1.82, 2.24) is 10.2 Å². The molecule has 0 saturated carbocycles. The van der Waals surface area contributed by atoms with Crippen molar-refractivity contribution in [3.63, 3.8) is 0 Å². The molecule has 2 heterocycles. The van der Waals surface area contributed by atoms with E-state index in [9.17, 15) is 14.4 Å². The van der Waals surface area contributed by atoms with E-state index in [2.05, 4.69) is 5.32 Å². The lowest BCUT2D eigenvalue weighted by atomic mass is 9.89. The average molecular weight is 258 g/mol. The van der Waals surface area contributed by atoms with E-state index in [1.807, 2.05) is 0 Å². The van der Waals surface area contributed by atoms with Gasteiger partial charge in [0.2, 0.25) is 5.91 Å². The molecule has 0 radical (unpaired) electrons. The van der Waals surface area contributed by atoms with Crippen LogP contribution in [-0.4, -0.2) is 34.7 Å². The van der Waals surface area contributed by atoms with Gasteiger partial charge in [0, 0.05) is 6.54 Å². The highest BCUT2D eigenvalue weighted by Crippen LogP contribution is 2.33. The maximum atomic E-state index is 12.4. The summed E-state index contributed by atoms with van der Waals surface area (Å²) in [6.45, 7) is 2.25. The van der Waals surface area contributed by atoms with Gasteiger partial charge in [-0.1, -0.05) is 12.1 Å². The Balaban J connectivity index is 2.06. The molecule has 0 aliphatic carbocycles. The van der Waals surface area contributed by atoms with Crippen LogP contribution >= 0.6 is 0 Å². The molecule has 1 atom stereocenters. The van der Waals surface area contributed by atoms with Gasteiger partial charge >= 0.3 is 0 Å². The highest BCUT2D eigenvalue weighted by Gasteiger charge is 2.51. The molecule has 3 amide bonds. The summed E-state index contributed by atoms with van der Waals surface area (Å²) in [5.41, 5.74) is -0.315. The summed E-state index contributed by atoms with van der Waals surface area (Å²) in [6, 6.07) is 6.69. The van der Waals surface area contributed by atoms with Crippen molar-refractivity contribution in [2.45, 2.75) is 25.3 Å². The zero-order valence-corrected chi connectivity index (χ0v) is 10.6. The molecule has 0 unspecified atom stereocenters. The molecule has 2 aliphatic heterocycles. The van der Waals surface area contributed by atoms with Crippen molar-refractivity contribution in [3.8, 4) is 0 Å². The van der Waals surface area contributed by atoms with Crippen LogP contribution in [0.25, 0.3) is 0 Å². The molecule has 1 fully saturated rings. The fourth-order valence-corrected chi connectivity index (χ4v) is 2.79. The number of amides is 3. The number of fused-ring (bicyclic) bond motifs is 1. The second-order valence-corrected chi connectivity index (χ2v) is 5.12. The van der Waals surface area contributed by atoms with E-state index >= 15 is 0 Å². The third kappa shape index (κ3) is 1.51. The first kappa shape index (κ1) is 11.9. The number of rotatable bonds is 1. The summed E-state index contributed by atoms with van der Waals surface area (Å²) in [6.07, 6.45) is 1.26. The highest BCUT2D eigenvalue weighted by atomic mass is 16.2. The number of nitrogens with zero attached hydrogens (tertiary/aromatic N) is 1. The van der Waals surface area contributed by atoms with E-state index in [1.54, 1.807) is 31.2 Å². The Morgan fingerprint density at radius 2 is 1.68 bits per heavy atom. The number of imide groups is 1. The molecule has 19 heavy (non-hydrogen) atoms. The fourth-order valence-electron chi connectivity index (χ4n) is 2.79. The van der Waals surface area contributed by atoms with E-state index in [1.165, 1.54) is 0 Å². The van der Waals surface area contributed by atoms with Gasteiger partial charge in [0.1, 0.15) is 5.54 Å². The summed E-state index contributed by atoms with van der Waals surface area (Å²) in [5, 5.41) is 2.73. The van der Waals surface area contributed by atoms with Crippen LogP contribution in [0.2, 0.25) is 0 Å². The van der Waals surface area contributed by atoms with Crippen LogP contribution in [0, 0.1) is 0 Å². The maximum Gasteiger partial charge on any atom is 0.262 e. The van der Waals surface area contributed by atoms with Crippen LogP contribution in [0.1, 0.15) is 40.5 Å². The molecule has 2 aliphatic rings. The number of carbonyl (C=O) groups excluding carboxylic acids is 3. The lowest BCUT2D eigenvalue weighted by molar-refractivity contribution is -0.132. The zero-order valence-electron chi connectivity index (χ0n) is 10.6. The average Bonchev–Trinajstić information content (AvgIpc) is 2.67. The minimum Gasteiger partial charge on any atom is -0.354 e. The summed E-state index contributed by atoms with van der Waals surface area (Å²) in [7, 11) is 0. The molecule has 1 N–H and O–H groups in total. The minimum atomic E-state index is -1.08. The molecule has 0 aromatic heterocycles. The molecule has 1 aromatic carbocycles. The van der Waals surface area contributed by atoms with Gasteiger partial charge in [0.25, 0.3) is 11.8 Å². The van der Waals surface area contributed by atoms with Crippen molar-refractivity contribution in [3.05, 3.63) is 35.4 Å². The smallest absolute Gasteiger partial charge is 0.262 e. The fraction of sp³-hybridized carbons (Fsp3) is 0.357. The van der Waals surface area contributed by atoms with Crippen molar-refractivity contribution in [1.29, 1.82) is 0 Å². The topological polar surface area (TPSA) is 66.5 Å². The van der Waals surface area contributed by atoms with Crippen molar-refractivity contribution >= 4 is 17.7 Å². The van der Waals surface area contributed by atoms with E-state index < -0.39 is 5.54 Å². The number of piperidine rings is 1. The quantitative estimate of drug-likeness (QED) is 0.763. The molecular weight excluding hydrogens is 244 g/mol. The van der Waals surface area contributed by atoms with Gasteiger partial charge in [0.05, 0.1) is 11.1 Å². The monoisotopic (exact) mass is 258 g/mol. The van der Waals surface area contributed by atoms with Crippen LogP contribution in [0.4, 0.5) is 0 Å². The third-order valence-corrected chi connectivity index (χ3v) is 3.90. The number of carbonyl (C=O) groups is 3. The van der Waals surface area contributed by atoms with Crippen molar-refractivity contribution in [2.75, 3.05) is 6.54 Å². The Kier molecular flexibility index (Phi) is 2.45. The number of hydrogen-bond acceptors (Lipinski definition) is 3. The molecule has 0 spiro atoms. The van der Waals surface area contributed by atoms with Gasteiger partial charge < -0.3 is 5.32 Å². The van der Waals surface area contributed by atoms with Crippen LogP contribution in [0.5, 0.6) is 0 Å². The van der Waals surface area contributed by atoms with E-state index in [0.29, 0.717) is 24.1 Å². The number of nitrogens with one attached hydrogen (secondary N) is 1. The van der Waals surface area contributed by atoms with Crippen LogP contribution in [0.3, 0.4) is 0 Å². The van der Waals surface area contributed by atoms with Gasteiger partial charge in [-0.2, -0.15) is 0 Å². The Hall–Kier alpha value is -2.17. The summed E-state index contributed by atoms with van der Waals surface area (Å²) < 4.78 is 0. The Morgan fingerprint density at radius 1 is 1.11 bits per heavy atom. The largest absolute Gasteiger partial charge is 0.354 e. The zero-order chi connectivity index (χ0) is 13.6. The number of hydrogen-bond donors (Lipinski definition) is 1. The Labute approximate surface area is 110 Å². The number of benzene rings is 1. The predicted octanol–water partition coefficient (Wildman–Crippen LogP) is 0.951. The molecular formula is C14H14N2O3. The maximum absolute atomic E-state index is 12.4. The second-order valence-electron chi connectivity index (χ2n) is 5.12. The third-order valence-electron chi connectivity index (χ3n) is 3.90. The van der Waals surface area contributed by atoms with E-state index in [4.69, 9.17) is 0 Å². The van der Waals surface area contributed by atoms with Gasteiger partial charge in [-0.05, 0) is 31.9 Å². The molecule has 5 nitrogen and oxygen atoms in total. The summed E-state index contributed by atoms with van der Waals surface area (Å²) in [4.78, 5) is 38.0.